The Balaban J connectivity index is 1.18. The Morgan fingerprint density at radius 2 is 1.79 bits per heavy atom. The minimum atomic E-state index is -3.33. The van der Waals surface area contributed by atoms with Gasteiger partial charge in [0.2, 0.25) is 16.9 Å². The highest BCUT2D eigenvalue weighted by Crippen LogP contribution is 2.43. The van der Waals surface area contributed by atoms with E-state index in [-0.39, 0.29) is 36.3 Å². The predicted octanol–water partition coefficient (Wildman–Crippen LogP) is 4.58. The van der Waals surface area contributed by atoms with Crippen LogP contribution in [0.4, 0.5) is 15.1 Å². The number of aromatic nitrogens is 2. The lowest BCUT2D eigenvalue weighted by Gasteiger charge is -2.09. The molecule has 1 aliphatic rings. The molecule has 3 aromatic carbocycles. The number of para-hydroxylation sites is 1. The number of hydrogen-bond donors (Lipinski definition) is 2. The van der Waals surface area contributed by atoms with Gasteiger partial charge in [0, 0.05) is 18.4 Å². The van der Waals surface area contributed by atoms with Crippen molar-refractivity contribution in [3.63, 3.8) is 0 Å². The summed E-state index contributed by atoms with van der Waals surface area (Å²) < 4.78 is 49.5. The summed E-state index contributed by atoms with van der Waals surface area (Å²) in [6.07, 6.45) is 3.72. The van der Waals surface area contributed by atoms with Crippen LogP contribution in [0.2, 0.25) is 0 Å². The summed E-state index contributed by atoms with van der Waals surface area (Å²) in [5, 5.41) is 8.99. The molecule has 43 heavy (non-hydrogen) atoms. The van der Waals surface area contributed by atoms with Crippen LogP contribution in [0.3, 0.4) is 0 Å². The molecular formula is C31H28FN4O6S+. The van der Waals surface area contributed by atoms with Gasteiger partial charge in [-0.15, -0.1) is 0 Å². The Kier molecular flexibility index (Phi) is 8.48. The molecule has 0 saturated carbocycles. The topological polar surface area (TPSA) is 131 Å². The molecule has 0 radical (unpaired) electrons. The number of nitrogens with one attached hydrogen (secondary N) is 2. The van der Waals surface area contributed by atoms with Gasteiger partial charge >= 0.3 is 12.0 Å². The van der Waals surface area contributed by atoms with E-state index in [9.17, 15) is 22.4 Å². The number of rotatable bonds is 9. The predicted molar refractivity (Wildman–Crippen MR) is 157 cm³/mol. The minimum absolute atomic E-state index is 0.0175. The summed E-state index contributed by atoms with van der Waals surface area (Å²) in [5.74, 6) is -0.669. The van der Waals surface area contributed by atoms with Gasteiger partial charge < -0.3 is 10.1 Å². The highest BCUT2D eigenvalue weighted by Gasteiger charge is 2.26. The fourth-order valence-electron chi connectivity index (χ4n) is 4.66. The molecule has 2 amide bonds. The smallest absolute Gasteiger partial charge is 0.414 e. The monoisotopic (exact) mass is 603 g/mol. The van der Waals surface area contributed by atoms with Crippen molar-refractivity contribution in [3.05, 3.63) is 107 Å². The lowest BCUT2D eigenvalue weighted by Crippen LogP contribution is -2.31. The maximum Gasteiger partial charge on any atom is 0.414 e. The third-order valence-corrected chi connectivity index (χ3v) is 7.91. The number of anilines is 1. The second-order valence-electron chi connectivity index (χ2n) is 9.83. The maximum atomic E-state index is 14.2. The first-order valence-electron chi connectivity index (χ1n) is 13.3. The van der Waals surface area contributed by atoms with Gasteiger partial charge in [-0.1, -0.05) is 36.4 Å². The Morgan fingerprint density at radius 1 is 1.05 bits per heavy atom. The third kappa shape index (κ3) is 7.04. The van der Waals surface area contributed by atoms with Crippen LogP contribution in [0, 0.1) is 5.82 Å². The summed E-state index contributed by atoms with van der Waals surface area (Å²) in [6, 6.07) is 20.1. The molecule has 5 rings (SSSR count). The fraction of sp³-hybridized carbons (Fsp3) is 0.161. The standard InChI is InChI=1S/C31H27FN4O6S/c1-20-26(16-21-8-11-24(12-9-21)43(2,39)40)25-13-10-22(32)17-28(25)27(20)18-29(37)33-14-15-41-31(38)34-30-19-36(35-42-30)23-6-4-3-5-7-23/h3-13,16-17,19H,14-15,18H2,1-2H3,(H-,33,34,35,37,38)/p+1/b26-16-. The largest absolute Gasteiger partial charge is 0.447 e. The van der Waals surface area contributed by atoms with Crippen molar-refractivity contribution in [1.82, 2.24) is 10.6 Å². The first-order chi connectivity index (χ1) is 20.6. The third-order valence-electron chi connectivity index (χ3n) is 6.78. The zero-order chi connectivity index (χ0) is 30.6. The minimum Gasteiger partial charge on any atom is -0.447 e. The molecule has 1 aliphatic carbocycles. The van der Waals surface area contributed by atoms with Crippen LogP contribution in [0.1, 0.15) is 30.0 Å². The molecule has 0 spiro atoms. The van der Waals surface area contributed by atoms with E-state index < -0.39 is 21.7 Å². The quantitative estimate of drug-likeness (QED) is 0.212. The van der Waals surface area contributed by atoms with Crippen LogP contribution in [0.15, 0.2) is 94.0 Å². The van der Waals surface area contributed by atoms with E-state index in [1.807, 2.05) is 43.3 Å². The summed E-state index contributed by atoms with van der Waals surface area (Å²) >= 11 is 0. The Hall–Kier alpha value is -5.10. The second kappa shape index (κ2) is 12.4. The molecule has 0 saturated heterocycles. The molecule has 2 N–H and O–H groups in total. The molecule has 0 unspecified atom stereocenters. The number of sulfone groups is 1. The van der Waals surface area contributed by atoms with Gasteiger partial charge in [-0.05, 0) is 75.4 Å². The lowest BCUT2D eigenvalue weighted by molar-refractivity contribution is -0.670. The molecule has 0 bridgehead atoms. The number of amides is 2. The first kappa shape index (κ1) is 29.4. The summed E-state index contributed by atoms with van der Waals surface area (Å²) in [4.78, 5) is 25.1. The van der Waals surface area contributed by atoms with E-state index >= 15 is 0 Å². The van der Waals surface area contributed by atoms with E-state index in [2.05, 4.69) is 15.9 Å². The van der Waals surface area contributed by atoms with Gasteiger partial charge in [0.15, 0.2) is 9.84 Å². The number of allylic oxidation sites excluding steroid dienone is 2. The van der Waals surface area contributed by atoms with Crippen LogP contribution in [0.5, 0.6) is 0 Å². The van der Waals surface area contributed by atoms with E-state index in [0.717, 1.165) is 34.2 Å². The molecular weight excluding hydrogens is 575 g/mol. The van der Waals surface area contributed by atoms with Crippen LogP contribution in [0.25, 0.3) is 22.9 Å². The average molecular weight is 604 g/mol. The number of hydrogen-bond acceptors (Lipinski definition) is 7. The Bertz CT molecular complexity index is 1850. The molecule has 1 heterocycles. The molecule has 220 valence electrons. The summed E-state index contributed by atoms with van der Waals surface area (Å²) in [6.45, 7) is 1.82. The summed E-state index contributed by atoms with van der Waals surface area (Å²) in [5.41, 5.74) is 5.18. The lowest BCUT2D eigenvalue weighted by atomic mass is 10.0. The number of nitrogens with zero attached hydrogens (tertiary/aromatic N) is 2. The van der Waals surface area contributed by atoms with E-state index in [1.54, 1.807) is 18.2 Å². The van der Waals surface area contributed by atoms with Crippen LogP contribution < -0.4 is 15.3 Å². The number of carbonyl (C=O) groups is 2. The molecule has 10 nitrogen and oxygen atoms in total. The highest BCUT2D eigenvalue weighted by molar-refractivity contribution is 7.90. The van der Waals surface area contributed by atoms with Gasteiger partial charge in [-0.25, -0.2) is 17.6 Å². The maximum absolute atomic E-state index is 14.2. The second-order valence-corrected chi connectivity index (χ2v) is 11.8. The van der Waals surface area contributed by atoms with Crippen molar-refractivity contribution in [2.75, 3.05) is 24.7 Å². The van der Waals surface area contributed by atoms with Crippen molar-refractivity contribution in [3.8, 4) is 5.69 Å². The van der Waals surface area contributed by atoms with Gasteiger partial charge in [-0.3, -0.25) is 14.6 Å². The molecule has 0 aliphatic heterocycles. The average Bonchev–Trinajstić information content (AvgIpc) is 3.54. The number of fused-ring (bicyclic) bond motifs is 1. The fourth-order valence-corrected chi connectivity index (χ4v) is 5.29. The molecule has 1 aromatic heterocycles. The van der Waals surface area contributed by atoms with E-state index in [1.165, 1.54) is 35.1 Å². The van der Waals surface area contributed by atoms with Crippen LogP contribution in [-0.4, -0.2) is 45.1 Å². The summed E-state index contributed by atoms with van der Waals surface area (Å²) in [7, 11) is -3.33. The highest BCUT2D eigenvalue weighted by atomic mass is 32.2. The number of carbonyl (C=O) groups excluding carboxylic acids is 2. The van der Waals surface area contributed by atoms with Crippen molar-refractivity contribution in [1.29, 1.82) is 0 Å². The van der Waals surface area contributed by atoms with Gasteiger partial charge in [0.1, 0.15) is 12.4 Å². The number of ether oxygens (including phenoxy) is 1. The van der Waals surface area contributed by atoms with Crippen molar-refractivity contribution >= 4 is 44.9 Å². The Labute approximate surface area is 247 Å². The van der Waals surface area contributed by atoms with Gasteiger partial charge in [0.25, 0.3) is 6.20 Å². The molecule has 12 heteroatoms. The first-order valence-corrected chi connectivity index (χ1v) is 15.1. The molecule has 0 fully saturated rings. The number of halogens is 1. The normalized spacial score (nSPS) is 13.6. The molecule has 4 aromatic rings. The van der Waals surface area contributed by atoms with Crippen molar-refractivity contribution in [2.24, 2.45) is 0 Å². The SMILES string of the molecule is CC1=C(CC(=O)NCCOC(=O)Nc2c[n+](-c3ccccc3)no2)c2cc(F)ccc2/C1=C\c1ccc(S(C)(=O)=O)cc1. The van der Waals surface area contributed by atoms with Crippen molar-refractivity contribution in [2.45, 2.75) is 18.2 Å². The Morgan fingerprint density at radius 3 is 2.51 bits per heavy atom. The number of benzene rings is 3. The van der Waals surface area contributed by atoms with E-state index in [0.29, 0.717) is 11.1 Å². The zero-order valence-corrected chi connectivity index (χ0v) is 24.2. The van der Waals surface area contributed by atoms with Crippen LogP contribution >= 0.6 is 0 Å². The van der Waals surface area contributed by atoms with Crippen molar-refractivity contribution < 1.29 is 36.3 Å². The van der Waals surface area contributed by atoms with Crippen LogP contribution in [-0.2, 0) is 19.4 Å². The van der Waals surface area contributed by atoms with Gasteiger partial charge in [-0.2, -0.15) is 0 Å². The van der Waals surface area contributed by atoms with Gasteiger partial charge in [0.05, 0.1) is 17.9 Å². The zero-order valence-electron chi connectivity index (χ0n) is 23.3. The van der Waals surface area contributed by atoms with E-state index in [4.69, 9.17) is 9.26 Å². The molecule has 0 atom stereocenters.